The van der Waals surface area contributed by atoms with Crippen molar-refractivity contribution in [1.29, 1.82) is 0 Å². The van der Waals surface area contributed by atoms with E-state index >= 15 is 0 Å². The van der Waals surface area contributed by atoms with Crippen LogP contribution in [0, 0.1) is 11.8 Å². The third-order valence-corrected chi connectivity index (χ3v) is 3.25. The van der Waals surface area contributed by atoms with Gasteiger partial charge in [0.25, 0.3) is 0 Å². The zero-order valence-corrected chi connectivity index (χ0v) is 8.59. The zero-order valence-electron chi connectivity index (χ0n) is 8.59. The van der Waals surface area contributed by atoms with Crippen molar-refractivity contribution in [2.45, 2.75) is 38.7 Å². The SMILES string of the molecule is CCCNCC1CC1C1CCCO1. The third kappa shape index (κ3) is 2.44. The van der Waals surface area contributed by atoms with Gasteiger partial charge >= 0.3 is 0 Å². The first-order chi connectivity index (χ1) is 6.42. The number of hydrogen-bond acceptors (Lipinski definition) is 2. The Labute approximate surface area is 81.0 Å². The van der Waals surface area contributed by atoms with Gasteiger partial charge in [0.2, 0.25) is 0 Å². The van der Waals surface area contributed by atoms with Crippen LogP contribution in [-0.4, -0.2) is 25.8 Å². The molecule has 1 N–H and O–H groups in total. The Balaban J connectivity index is 1.59. The van der Waals surface area contributed by atoms with E-state index in [4.69, 9.17) is 4.74 Å². The third-order valence-electron chi connectivity index (χ3n) is 3.25. The molecule has 3 unspecified atom stereocenters. The maximum atomic E-state index is 5.69. The highest BCUT2D eigenvalue weighted by molar-refractivity contribution is 4.94. The van der Waals surface area contributed by atoms with Gasteiger partial charge < -0.3 is 10.1 Å². The van der Waals surface area contributed by atoms with Gasteiger partial charge in [-0.1, -0.05) is 6.92 Å². The molecule has 0 spiro atoms. The van der Waals surface area contributed by atoms with Crippen LogP contribution in [0.4, 0.5) is 0 Å². The van der Waals surface area contributed by atoms with E-state index in [0.717, 1.165) is 18.4 Å². The van der Waals surface area contributed by atoms with Gasteiger partial charge in [-0.2, -0.15) is 0 Å². The van der Waals surface area contributed by atoms with Crippen LogP contribution in [-0.2, 0) is 4.74 Å². The molecular formula is C11H21NO. The van der Waals surface area contributed by atoms with Crippen LogP contribution < -0.4 is 5.32 Å². The van der Waals surface area contributed by atoms with E-state index < -0.39 is 0 Å². The van der Waals surface area contributed by atoms with Crippen molar-refractivity contribution in [3.8, 4) is 0 Å². The van der Waals surface area contributed by atoms with Crippen molar-refractivity contribution in [3.63, 3.8) is 0 Å². The minimum absolute atomic E-state index is 0.619. The molecular weight excluding hydrogens is 162 g/mol. The lowest BCUT2D eigenvalue weighted by molar-refractivity contribution is 0.0896. The van der Waals surface area contributed by atoms with Crippen molar-refractivity contribution in [1.82, 2.24) is 5.32 Å². The average Bonchev–Trinajstić information content (AvgIpc) is 2.72. The maximum absolute atomic E-state index is 5.69. The van der Waals surface area contributed by atoms with Gasteiger partial charge in [-0.05, 0) is 50.6 Å². The lowest BCUT2D eigenvalue weighted by Gasteiger charge is -2.08. The Hall–Kier alpha value is -0.0800. The van der Waals surface area contributed by atoms with Crippen LogP contribution in [0.3, 0.4) is 0 Å². The Kier molecular flexibility index (Phi) is 3.23. The summed E-state index contributed by atoms with van der Waals surface area (Å²) in [5.41, 5.74) is 0. The van der Waals surface area contributed by atoms with Gasteiger partial charge in [0, 0.05) is 6.61 Å². The summed E-state index contributed by atoms with van der Waals surface area (Å²) in [5, 5.41) is 3.49. The molecule has 2 rings (SSSR count). The molecule has 0 radical (unpaired) electrons. The van der Waals surface area contributed by atoms with E-state index in [1.165, 1.54) is 38.8 Å². The van der Waals surface area contributed by atoms with E-state index in [2.05, 4.69) is 12.2 Å². The summed E-state index contributed by atoms with van der Waals surface area (Å²) in [5.74, 6) is 1.82. The quantitative estimate of drug-likeness (QED) is 0.656. The molecule has 1 saturated carbocycles. The molecule has 0 aromatic carbocycles. The Morgan fingerprint density at radius 3 is 3.08 bits per heavy atom. The molecule has 2 heteroatoms. The standard InChI is InChI=1S/C11H21NO/c1-2-5-12-8-9-7-10(9)11-4-3-6-13-11/h9-12H,2-8H2,1H3. The second kappa shape index (κ2) is 4.43. The van der Waals surface area contributed by atoms with Crippen molar-refractivity contribution >= 4 is 0 Å². The van der Waals surface area contributed by atoms with E-state index in [9.17, 15) is 0 Å². The Morgan fingerprint density at radius 1 is 1.46 bits per heavy atom. The van der Waals surface area contributed by atoms with Crippen molar-refractivity contribution in [3.05, 3.63) is 0 Å². The van der Waals surface area contributed by atoms with Crippen LogP contribution in [0.25, 0.3) is 0 Å². The normalized spacial score (nSPS) is 38.1. The highest BCUT2D eigenvalue weighted by Gasteiger charge is 2.43. The van der Waals surface area contributed by atoms with Crippen molar-refractivity contribution in [2.75, 3.05) is 19.7 Å². The molecule has 2 aliphatic rings. The minimum atomic E-state index is 0.619. The van der Waals surface area contributed by atoms with Gasteiger partial charge in [0.05, 0.1) is 6.10 Å². The lowest BCUT2D eigenvalue weighted by atomic mass is 10.1. The summed E-state index contributed by atoms with van der Waals surface area (Å²) in [6.07, 6.45) is 5.87. The van der Waals surface area contributed by atoms with Gasteiger partial charge in [-0.3, -0.25) is 0 Å². The van der Waals surface area contributed by atoms with Gasteiger partial charge in [0.15, 0.2) is 0 Å². The summed E-state index contributed by atoms with van der Waals surface area (Å²) in [4.78, 5) is 0. The number of hydrogen-bond donors (Lipinski definition) is 1. The average molecular weight is 183 g/mol. The molecule has 0 bridgehead atoms. The summed E-state index contributed by atoms with van der Waals surface area (Å²) in [6, 6.07) is 0. The predicted octanol–water partition coefficient (Wildman–Crippen LogP) is 1.80. The van der Waals surface area contributed by atoms with Gasteiger partial charge in [-0.15, -0.1) is 0 Å². The van der Waals surface area contributed by atoms with Gasteiger partial charge in [-0.25, -0.2) is 0 Å². The Bertz CT molecular complexity index is 154. The zero-order chi connectivity index (χ0) is 9.10. The van der Waals surface area contributed by atoms with Crippen molar-refractivity contribution < 1.29 is 4.74 Å². The lowest BCUT2D eigenvalue weighted by Crippen LogP contribution is -2.20. The molecule has 76 valence electrons. The van der Waals surface area contributed by atoms with Crippen LogP contribution in [0.2, 0.25) is 0 Å². The number of ether oxygens (including phenoxy) is 1. The highest BCUT2D eigenvalue weighted by Crippen LogP contribution is 2.44. The molecule has 3 atom stereocenters. The van der Waals surface area contributed by atoms with Crippen LogP contribution >= 0.6 is 0 Å². The molecule has 0 aromatic heterocycles. The summed E-state index contributed by atoms with van der Waals surface area (Å²) in [7, 11) is 0. The molecule has 1 aliphatic heterocycles. The monoisotopic (exact) mass is 183 g/mol. The molecule has 1 saturated heterocycles. The fraction of sp³-hybridized carbons (Fsp3) is 1.00. The predicted molar refractivity (Wildman–Crippen MR) is 53.7 cm³/mol. The fourth-order valence-electron chi connectivity index (χ4n) is 2.37. The topological polar surface area (TPSA) is 21.3 Å². The number of rotatable bonds is 5. The molecule has 1 heterocycles. The second-order valence-electron chi connectivity index (χ2n) is 4.42. The minimum Gasteiger partial charge on any atom is -0.378 e. The molecule has 2 nitrogen and oxygen atoms in total. The molecule has 1 aliphatic carbocycles. The second-order valence-corrected chi connectivity index (χ2v) is 4.42. The van der Waals surface area contributed by atoms with E-state index in [-0.39, 0.29) is 0 Å². The fourth-order valence-corrected chi connectivity index (χ4v) is 2.37. The Morgan fingerprint density at radius 2 is 2.38 bits per heavy atom. The molecule has 0 amide bonds. The van der Waals surface area contributed by atoms with Crippen LogP contribution in [0.1, 0.15) is 32.6 Å². The van der Waals surface area contributed by atoms with Crippen molar-refractivity contribution in [2.24, 2.45) is 11.8 Å². The van der Waals surface area contributed by atoms with Crippen LogP contribution in [0.15, 0.2) is 0 Å². The first-order valence-electron chi connectivity index (χ1n) is 5.74. The number of nitrogens with one attached hydrogen (secondary N) is 1. The highest BCUT2D eigenvalue weighted by atomic mass is 16.5. The molecule has 0 aromatic rings. The first kappa shape index (κ1) is 9.47. The summed E-state index contributed by atoms with van der Waals surface area (Å²) >= 11 is 0. The summed E-state index contributed by atoms with van der Waals surface area (Å²) in [6.45, 7) is 5.63. The summed E-state index contributed by atoms with van der Waals surface area (Å²) < 4.78 is 5.69. The van der Waals surface area contributed by atoms with Gasteiger partial charge in [0.1, 0.15) is 0 Å². The first-order valence-corrected chi connectivity index (χ1v) is 5.74. The maximum Gasteiger partial charge on any atom is 0.0607 e. The van der Waals surface area contributed by atoms with Crippen LogP contribution in [0.5, 0.6) is 0 Å². The smallest absolute Gasteiger partial charge is 0.0607 e. The van der Waals surface area contributed by atoms with E-state index in [0.29, 0.717) is 6.10 Å². The molecule has 13 heavy (non-hydrogen) atoms. The largest absolute Gasteiger partial charge is 0.378 e. The van der Waals surface area contributed by atoms with E-state index in [1.807, 2.05) is 0 Å². The molecule has 2 fully saturated rings. The van der Waals surface area contributed by atoms with E-state index in [1.54, 1.807) is 0 Å².